The zero-order valence-electron chi connectivity index (χ0n) is 10.4. The Morgan fingerprint density at radius 2 is 1.75 bits per heavy atom. The van der Waals surface area contributed by atoms with Crippen molar-refractivity contribution in [2.24, 2.45) is 0 Å². The second kappa shape index (κ2) is 4.78. The van der Waals surface area contributed by atoms with Gasteiger partial charge in [0.15, 0.2) is 0 Å². The highest BCUT2D eigenvalue weighted by Crippen LogP contribution is 2.26. The van der Waals surface area contributed by atoms with Crippen LogP contribution in [0.4, 0.5) is 5.69 Å². The van der Waals surface area contributed by atoms with Crippen molar-refractivity contribution < 1.29 is 4.92 Å². The highest BCUT2D eigenvalue weighted by Gasteiger charge is 2.22. The molecule has 3 nitrogen and oxygen atoms in total. The van der Waals surface area contributed by atoms with Gasteiger partial charge in [-0.2, -0.15) is 0 Å². The van der Waals surface area contributed by atoms with E-state index in [0.29, 0.717) is 5.54 Å². The molecule has 1 rings (SSSR count). The summed E-state index contributed by atoms with van der Waals surface area (Å²) in [5.74, 6) is 0. The second-order valence-corrected chi connectivity index (χ2v) is 11.1. The average Bonchev–Trinajstić information content (AvgIpc) is 2.17. The molecule has 16 heavy (non-hydrogen) atoms. The molecule has 4 heteroatoms. The number of non-ortho nitro benzene ring substituents is 1. The lowest BCUT2D eigenvalue weighted by Crippen LogP contribution is -2.27. The van der Waals surface area contributed by atoms with E-state index in [1.807, 2.05) is 12.1 Å². The summed E-state index contributed by atoms with van der Waals surface area (Å²) in [6, 6.07) is 6.92. The summed E-state index contributed by atoms with van der Waals surface area (Å²) in [6.45, 7) is 9.32. The van der Waals surface area contributed by atoms with Crippen molar-refractivity contribution in [3.63, 3.8) is 0 Å². The number of rotatable bonds is 4. The minimum absolute atomic E-state index is 0.171. The molecule has 88 valence electrons. The molecule has 1 unspecified atom stereocenters. The van der Waals surface area contributed by atoms with Crippen molar-refractivity contribution in [3.8, 4) is 0 Å². The number of benzene rings is 1. The van der Waals surface area contributed by atoms with Gasteiger partial charge in [-0.1, -0.05) is 38.7 Å². The highest BCUT2D eigenvalue weighted by atomic mass is 28.3. The monoisotopic (exact) mass is 237 g/mol. The molecule has 0 N–H and O–H groups in total. The van der Waals surface area contributed by atoms with Crippen molar-refractivity contribution in [1.29, 1.82) is 0 Å². The summed E-state index contributed by atoms with van der Waals surface area (Å²) in [7, 11) is -1.11. The lowest BCUT2D eigenvalue weighted by Gasteiger charge is -2.25. The Hall–Kier alpha value is -1.16. The Morgan fingerprint density at radius 3 is 2.12 bits per heavy atom. The quantitative estimate of drug-likeness (QED) is 0.453. The van der Waals surface area contributed by atoms with Gasteiger partial charge in [0.05, 0.1) is 4.92 Å². The van der Waals surface area contributed by atoms with Gasteiger partial charge in [-0.15, -0.1) is 0 Å². The molecular formula is C12H19NO2Si. The second-order valence-electron chi connectivity index (χ2n) is 5.39. The summed E-state index contributed by atoms with van der Waals surface area (Å²) in [5, 5.41) is 10.5. The standard InChI is InChI=1S/C12H19NO2Si/c1-10(16(2,3)4)9-11-5-7-12(8-6-11)13(14)15/h5-8,10H,9H2,1-4H3. The number of nitrogens with zero attached hydrogens (tertiary/aromatic N) is 1. The van der Waals surface area contributed by atoms with E-state index in [4.69, 9.17) is 0 Å². The maximum atomic E-state index is 10.5. The third-order valence-electron chi connectivity index (χ3n) is 3.17. The fourth-order valence-electron chi connectivity index (χ4n) is 1.41. The zero-order chi connectivity index (χ0) is 12.3. The van der Waals surface area contributed by atoms with Crippen LogP contribution in [0.5, 0.6) is 0 Å². The Kier molecular flexibility index (Phi) is 3.86. The molecular weight excluding hydrogens is 218 g/mol. The summed E-state index contributed by atoms with van der Waals surface area (Å²) < 4.78 is 0. The van der Waals surface area contributed by atoms with E-state index < -0.39 is 8.07 Å². The molecule has 0 aromatic heterocycles. The first-order valence-electron chi connectivity index (χ1n) is 5.54. The molecule has 0 bridgehead atoms. The molecule has 0 saturated heterocycles. The Labute approximate surface area is 97.7 Å². The fraction of sp³-hybridized carbons (Fsp3) is 0.500. The normalized spacial score (nSPS) is 13.5. The van der Waals surface area contributed by atoms with Gasteiger partial charge in [-0.3, -0.25) is 10.1 Å². The molecule has 0 aliphatic rings. The van der Waals surface area contributed by atoms with E-state index in [-0.39, 0.29) is 10.6 Å². The van der Waals surface area contributed by atoms with Gasteiger partial charge in [-0.25, -0.2) is 0 Å². The highest BCUT2D eigenvalue weighted by molar-refractivity contribution is 6.77. The number of nitro benzene ring substituents is 1. The van der Waals surface area contributed by atoms with Gasteiger partial charge in [0, 0.05) is 20.2 Å². The molecule has 1 aromatic carbocycles. The Balaban J connectivity index is 2.73. The molecule has 0 aliphatic heterocycles. The van der Waals surface area contributed by atoms with E-state index >= 15 is 0 Å². The minimum atomic E-state index is -1.11. The van der Waals surface area contributed by atoms with E-state index in [1.165, 1.54) is 5.56 Å². The van der Waals surface area contributed by atoms with Crippen molar-refractivity contribution in [1.82, 2.24) is 0 Å². The first kappa shape index (κ1) is 12.9. The van der Waals surface area contributed by atoms with Gasteiger partial charge in [0.2, 0.25) is 0 Å². The van der Waals surface area contributed by atoms with Crippen LogP contribution in [0.1, 0.15) is 12.5 Å². The van der Waals surface area contributed by atoms with E-state index in [9.17, 15) is 10.1 Å². The fourth-order valence-corrected chi connectivity index (χ4v) is 2.26. The van der Waals surface area contributed by atoms with Crippen LogP contribution in [0.15, 0.2) is 24.3 Å². The van der Waals surface area contributed by atoms with Crippen LogP contribution in [-0.4, -0.2) is 13.0 Å². The molecule has 1 atom stereocenters. The van der Waals surface area contributed by atoms with Crippen molar-refractivity contribution >= 4 is 13.8 Å². The van der Waals surface area contributed by atoms with E-state index in [2.05, 4.69) is 26.6 Å². The number of hydrogen-bond donors (Lipinski definition) is 0. The molecule has 0 saturated carbocycles. The van der Waals surface area contributed by atoms with Crippen LogP contribution in [-0.2, 0) is 6.42 Å². The SMILES string of the molecule is CC(Cc1ccc([N+](=O)[O-])cc1)[Si](C)(C)C. The maximum Gasteiger partial charge on any atom is 0.269 e. The smallest absolute Gasteiger partial charge is 0.258 e. The molecule has 0 radical (unpaired) electrons. The first-order chi connectivity index (χ1) is 7.30. The topological polar surface area (TPSA) is 43.1 Å². The van der Waals surface area contributed by atoms with Crippen molar-refractivity contribution in [3.05, 3.63) is 39.9 Å². The number of nitro groups is 1. The summed E-state index contributed by atoms with van der Waals surface area (Å²) >= 11 is 0. The predicted octanol–water partition coefficient (Wildman–Crippen LogP) is 3.87. The first-order valence-corrected chi connectivity index (χ1v) is 9.12. The van der Waals surface area contributed by atoms with Crippen LogP contribution in [0.25, 0.3) is 0 Å². The summed E-state index contributed by atoms with van der Waals surface area (Å²) in [5.41, 5.74) is 2.05. The van der Waals surface area contributed by atoms with Crippen LogP contribution < -0.4 is 0 Å². The van der Waals surface area contributed by atoms with Crippen LogP contribution in [0, 0.1) is 10.1 Å². The lowest BCUT2D eigenvalue weighted by molar-refractivity contribution is -0.384. The summed E-state index contributed by atoms with van der Waals surface area (Å²) in [6.07, 6.45) is 1.02. The maximum absolute atomic E-state index is 10.5. The van der Waals surface area contributed by atoms with Gasteiger partial charge in [0.1, 0.15) is 0 Å². The van der Waals surface area contributed by atoms with E-state index in [0.717, 1.165) is 6.42 Å². The van der Waals surface area contributed by atoms with Gasteiger partial charge in [-0.05, 0) is 17.5 Å². The molecule has 0 spiro atoms. The van der Waals surface area contributed by atoms with Gasteiger partial charge >= 0.3 is 0 Å². The molecule has 0 fully saturated rings. The van der Waals surface area contributed by atoms with Crippen molar-refractivity contribution in [2.75, 3.05) is 0 Å². The van der Waals surface area contributed by atoms with Gasteiger partial charge < -0.3 is 0 Å². The van der Waals surface area contributed by atoms with Gasteiger partial charge in [0.25, 0.3) is 5.69 Å². The summed E-state index contributed by atoms with van der Waals surface area (Å²) in [4.78, 5) is 10.2. The average molecular weight is 237 g/mol. The third-order valence-corrected chi connectivity index (χ3v) is 6.33. The largest absolute Gasteiger partial charge is 0.269 e. The Bertz CT molecular complexity index is 368. The Morgan fingerprint density at radius 1 is 1.25 bits per heavy atom. The van der Waals surface area contributed by atoms with Crippen LogP contribution in [0.3, 0.4) is 0 Å². The van der Waals surface area contributed by atoms with E-state index in [1.54, 1.807) is 12.1 Å². The molecule has 1 aromatic rings. The molecule has 0 heterocycles. The van der Waals surface area contributed by atoms with Crippen LogP contribution >= 0.6 is 0 Å². The minimum Gasteiger partial charge on any atom is -0.258 e. The number of hydrogen-bond acceptors (Lipinski definition) is 2. The molecule has 0 amide bonds. The lowest BCUT2D eigenvalue weighted by atomic mass is 10.1. The van der Waals surface area contributed by atoms with Crippen LogP contribution in [0.2, 0.25) is 25.2 Å². The zero-order valence-corrected chi connectivity index (χ0v) is 11.4. The van der Waals surface area contributed by atoms with Crippen molar-refractivity contribution in [2.45, 2.75) is 38.5 Å². The predicted molar refractivity (Wildman–Crippen MR) is 69.6 cm³/mol. The molecule has 0 aliphatic carbocycles. The third kappa shape index (κ3) is 3.45.